The van der Waals surface area contributed by atoms with Crippen LogP contribution in [0.4, 0.5) is 0 Å². The lowest BCUT2D eigenvalue weighted by Crippen LogP contribution is -2.24. The lowest BCUT2D eigenvalue weighted by Gasteiger charge is -2.03. The molecule has 2 heterocycles. The number of nitrogens with one attached hydrogen (secondary N) is 1. The molecule has 0 radical (unpaired) electrons. The van der Waals surface area contributed by atoms with Crippen LogP contribution >= 0.6 is 11.6 Å². The van der Waals surface area contributed by atoms with Crippen molar-refractivity contribution < 1.29 is 4.79 Å². The van der Waals surface area contributed by atoms with E-state index in [4.69, 9.17) is 11.6 Å². The van der Waals surface area contributed by atoms with E-state index >= 15 is 0 Å². The zero-order valence-corrected chi connectivity index (χ0v) is 9.85. The van der Waals surface area contributed by atoms with Crippen molar-refractivity contribution in [3.63, 3.8) is 0 Å². The summed E-state index contributed by atoms with van der Waals surface area (Å²) < 4.78 is 1.57. The summed E-state index contributed by atoms with van der Waals surface area (Å²) in [6, 6.07) is 1.56. The quantitative estimate of drug-likeness (QED) is 0.876. The maximum absolute atomic E-state index is 11.7. The highest BCUT2D eigenvalue weighted by Gasteiger charge is 2.10. The number of nitrogens with zero attached hydrogens (tertiary/aromatic N) is 4. The van der Waals surface area contributed by atoms with Gasteiger partial charge in [0.15, 0.2) is 5.82 Å². The molecule has 88 valence electrons. The predicted octanol–water partition coefficient (Wildman–Crippen LogP) is 0.793. The fourth-order valence-corrected chi connectivity index (χ4v) is 1.46. The summed E-state index contributed by atoms with van der Waals surface area (Å²) in [5.41, 5.74) is 0.338. The van der Waals surface area contributed by atoms with Crippen LogP contribution in [0.15, 0.2) is 24.8 Å². The zero-order chi connectivity index (χ0) is 12.3. The van der Waals surface area contributed by atoms with Gasteiger partial charge < -0.3 is 5.32 Å². The van der Waals surface area contributed by atoms with Crippen LogP contribution < -0.4 is 5.32 Å². The highest BCUT2D eigenvalue weighted by Crippen LogP contribution is 2.12. The minimum absolute atomic E-state index is 0.255. The van der Waals surface area contributed by atoms with E-state index in [1.807, 2.05) is 0 Å². The SMILES string of the molecule is Cn1cnc(CNC(=O)c2cnccc2Cl)n1. The molecular weight excluding hydrogens is 242 g/mol. The van der Waals surface area contributed by atoms with E-state index in [0.717, 1.165) is 0 Å². The van der Waals surface area contributed by atoms with E-state index in [-0.39, 0.29) is 12.5 Å². The second kappa shape index (κ2) is 4.92. The molecule has 7 heteroatoms. The number of aromatic nitrogens is 4. The summed E-state index contributed by atoms with van der Waals surface area (Å²) in [4.78, 5) is 19.6. The average molecular weight is 252 g/mol. The molecule has 0 atom stereocenters. The Morgan fingerprint density at radius 1 is 1.59 bits per heavy atom. The van der Waals surface area contributed by atoms with E-state index in [0.29, 0.717) is 16.4 Å². The molecule has 1 N–H and O–H groups in total. The Balaban J connectivity index is 2.01. The van der Waals surface area contributed by atoms with Gasteiger partial charge in [0.25, 0.3) is 5.91 Å². The second-order valence-corrected chi connectivity index (χ2v) is 3.78. The van der Waals surface area contributed by atoms with Crippen molar-refractivity contribution in [2.45, 2.75) is 6.54 Å². The molecule has 0 bridgehead atoms. The first kappa shape index (κ1) is 11.5. The lowest BCUT2D eigenvalue weighted by atomic mass is 10.2. The largest absolute Gasteiger partial charge is 0.345 e. The van der Waals surface area contributed by atoms with Crippen LogP contribution in [0, 0.1) is 0 Å². The Kier molecular flexibility index (Phi) is 3.34. The number of hydrogen-bond acceptors (Lipinski definition) is 4. The third-order valence-electron chi connectivity index (χ3n) is 2.07. The van der Waals surface area contributed by atoms with E-state index in [1.165, 1.54) is 12.4 Å². The molecule has 0 saturated heterocycles. The van der Waals surface area contributed by atoms with Crippen molar-refractivity contribution in [3.8, 4) is 0 Å². The number of hydrogen-bond donors (Lipinski definition) is 1. The average Bonchev–Trinajstić information content (AvgIpc) is 2.73. The Labute approximate surface area is 103 Å². The molecule has 0 spiro atoms. The minimum Gasteiger partial charge on any atom is -0.345 e. The number of aryl methyl sites for hydroxylation is 1. The van der Waals surface area contributed by atoms with E-state index < -0.39 is 0 Å². The monoisotopic (exact) mass is 251 g/mol. The van der Waals surface area contributed by atoms with Gasteiger partial charge in [-0.2, -0.15) is 5.10 Å². The normalized spacial score (nSPS) is 10.2. The number of carbonyl (C=O) groups excluding carboxylic acids is 1. The van der Waals surface area contributed by atoms with Gasteiger partial charge in [-0.15, -0.1) is 0 Å². The van der Waals surface area contributed by atoms with Gasteiger partial charge in [0.05, 0.1) is 17.1 Å². The van der Waals surface area contributed by atoms with Crippen LogP contribution in [0.2, 0.25) is 5.02 Å². The Hall–Kier alpha value is -1.95. The smallest absolute Gasteiger partial charge is 0.254 e. The first-order valence-corrected chi connectivity index (χ1v) is 5.27. The predicted molar refractivity (Wildman–Crippen MR) is 61.4 cm³/mol. The van der Waals surface area contributed by atoms with Crippen LogP contribution in [-0.4, -0.2) is 25.7 Å². The molecule has 1 amide bonds. The molecular formula is C10H10ClN5O. The highest BCUT2D eigenvalue weighted by atomic mass is 35.5. The summed E-state index contributed by atoms with van der Waals surface area (Å²) >= 11 is 5.87. The third-order valence-corrected chi connectivity index (χ3v) is 2.40. The number of rotatable bonds is 3. The first-order valence-electron chi connectivity index (χ1n) is 4.89. The van der Waals surface area contributed by atoms with Gasteiger partial charge in [-0.1, -0.05) is 11.6 Å². The van der Waals surface area contributed by atoms with Crippen molar-refractivity contribution in [1.29, 1.82) is 0 Å². The standard InChI is InChI=1S/C10H10ClN5O/c1-16-6-14-9(15-16)5-13-10(17)7-4-12-3-2-8(7)11/h2-4,6H,5H2,1H3,(H,13,17). The molecule has 2 aromatic heterocycles. The van der Waals surface area contributed by atoms with Crippen molar-refractivity contribution in [2.24, 2.45) is 7.05 Å². The van der Waals surface area contributed by atoms with Gasteiger partial charge in [-0.3, -0.25) is 14.5 Å². The molecule has 0 fully saturated rings. The minimum atomic E-state index is -0.296. The maximum atomic E-state index is 11.7. The van der Waals surface area contributed by atoms with E-state index in [9.17, 15) is 4.79 Å². The molecule has 0 unspecified atom stereocenters. The third kappa shape index (κ3) is 2.79. The Morgan fingerprint density at radius 2 is 2.41 bits per heavy atom. The molecule has 2 rings (SSSR count). The van der Waals surface area contributed by atoms with E-state index in [1.54, 1.807) is 24.1 Å². The molecule has 0 aliphatic heterocycles. The number of carbonyl (C=O) groups is 1. The van der Waals surface area contributed by atoms with E-state index in [2.05, 4.69) is 20.4 Å². The van der Waals surface area contributed by atoms with Gasteiger partial charge in [-0.25, -0.2) is 4.98 Å². The van der Waals surface area contributed by atoms with Crippen LogP contribution in [0.5, 0.6) is 0 Å². The maximum Gasteiger partial charge on any atom is 0.254 e. The lowest BCUT2D eigenvalue weighted by molar-refractivity contribution is 0.0949. The summed E-state index contributed by atoms with van der Waals surface area (Å²) in [5, 5.41) is 7.08. The number of pyridine rings is 1. The summed E-state index contributed by atoms with van der Waals surface area (Å²) in [7, 11) is 1.76. The van der Waals surface area contributed by atoms with Gasteiger partial charge in [0.1, 0.15) is 6.33 Å². The van der Waals surface area contributed by atoms with Crippen LogP contribution in [0.1, 0.15) is 16.2 Å². The second-order valence-electron chi connectivity index (χ2n) is 3.37. The van der Waals surface area contributed by atoms with Crippen molar-refractivity contribution in [1.82, 2.24) is 25.1 Å². The molecule has 0 saturated carbocycles. The summed E-state index contributed by atoms with van der Waals surface area (Å²) in [5.74, 6) is 0.247. The number of halogens is 1. The van der Waals surface area contributed by atoms with Crippen molar-refractivity contribution >= 4 is 17.5 Å². The van der Waals surface area contributed by atoms with Gasteiger partial charge in [0, 0.05) is 19.4 Å². The fraction of sp³-hybridized carbons (Fsp3) is 0.200. The molecule has 0 aliphatic rings. The molecule has 17 heavy (non-hydrogen) atoms. The van der Waals surface area contributed by atoms with Crippen molar-refractivity contribution in [3.05, 3.63) is 41.2 Å². The zero-order valence-electron chi connectivity index (χ0n) is 9.09. The summed E-state index contributed by atoms with van der Waals surface area (Å²) in [6.45, 7) is 0.255. The summed E-state index contributed by atoms with van der Waals surface area (Å²) in [6.07, 6.45) is 4.52. The topological polar surface area (TPSA) is 72.7 Å². The van der Waals surface area contributed by atoms with Crippen molar-refractivity contribution in [2.75, 3.05) is 0 Å². The molecule has 0 aromatic carbocycles. The van der Waals surface area contributed by atoms with Crippen LogP contribution in [0.25, 0.3) is 0 Å². The highest BCUT2D eigenvalue weighted by molar-refractivity contribution is 6.33. The van der Waals surface area contributed by atoms with Crippen LogP contribution in [0.3, 0.4) is 0 Å². The van der Waals surface area contributed by atoms with Gasteiger partial charge in [0.2, 0.25) is 0 Å². The fourth-order valence-electron chi connectivity index (χ4n) is 1.26. The van der Waals surface area contributed by atoms with Crippen LogP contribution in [-0.2, 0) is 13.6 Å². The molecule has 0 aliphatic carbocycles. The molecule has 2 aromatic rings. The molecule has 6 nitrogen and oxygen atoms in total. The Morgan fingerprint density at radius 3 is 3.06 bits per heavy atom. The van der Waals surface area contributed by atoms with Gasteiger partial charge in [-0.05, 0) is 6.07 Å². The first-order chi connectivity index (χ1) is 8.16. The number of amides is 1. The van der Waals surface area contributed by atoms with Gasteiger partial charge >= 0.3 is 0 Å². The Bertz CT molecular complexity index is 539.